The number of hydrogen-bond acceptors (Lipinski definition) is 5. The molecular formula is C23H16ClN5OS. The van der Waals surface area contributed by atoms with E-state index in [1.807, 2.05) is 54.6 Å². The third kappa shape index (κ3) is 3.73. The molecule has 0 aliphatic carbocycles. The van der Waals surface area contributed by atoms with Crippen LogP contribution in [0.15, 0.2) is 83.8 Å². The fourth-order valence-corrected chi connectivity index (χ4v) is 4.72. The molecule has 0 aliphatic heterocycles. The highest BCUT2D eigenvalue weighted by Crippen LogP contribution is 2.41. The number of carbonyl (C=O) groups is 1. The molecular weight excluding hydrogens is 430 g/mol. The van der Waals surface area contributed by atoms with Gasteiger partial charge in [0.25, 0.3) is 5.91 Å². The molecule has 0 fully saturated rings. The first kappa shape index (κ1) is 19.5. The van der Waals surface area contributed by atoms with E-state index < -0.39 is 0 Å². The Morgan fingerprint density at radius 2 is 1.71 bits per heavy atom. The zero-order valence-electron chi connectivity index (χ0n) is 16.2. The number of aromatic amines is 1. The summed E-state index contributed by atoms with van der Waals surface area (Å²) in [4.78, 5) is 14.7. The quantitative estimate of drug-likeness (QED) is 0.364. The van der Waals surface area contributed by atoms with Gasteiger partial charge in [-0.1, -0.05) is 65.3 Å². The summed E-state index contributed by atoms with van der Waals surface area (Å²) in [5.74, 6) is 1.02. The molecule has 0 radical (unpaired) electrons. The Morgan fingerprint density at radius 1 is 0.968 bits per heavy atom. The minimum atomic E-state index is -0.113. The summed E-state index contributed by atoms with van der Waals surface area (Å²) in [6.07, 6.45) is 0. The van der Waals surface area contributed by atoms with E-state index in [0.29, 0.717) is 22.2 Å². The lowest BCUT2D eigenvalue weighted by Gasteiger charge is -2.11. The summed E-state index contributed by atoms with van der Waals surface area (Å²) < 4.78 is 1.78. The molecule has 6 nitrogen and oxygen atoms in total. The lowest BCUT2D eigenvalue weighted by atomic mass is 10.1. The van der Waals surface area contributed by atoms with Gasteiger partial charge in [0.1, 0.15) is 0 Å². The van der Waals surface area contributed by atoms with Crippen LogP contribution in [0.25, 0.3) is 22.2 Å². The number of tetrazole rings is 1. The maximum Gasteiger partial charge on any atom is 0.262 e. The summed E-state index contributed by atoms with van der Waals surface area (Å²) >= 11 is 7.62. The van der Waals surface area contributed by atoms with Crippen molar-refractivity contribution in [1.29, 1.82) is 0 Å². The number of carbonyl (C=O) groups excluding carboxylic acids is 1. The average molecular weight is 446 g/mol. The zero-order valence-corrected chi connectivity index (χ0v) is 17.8. The van der Waals surface area contributed by atoms with E-state index in [9.17, 15) is 4.79 Å². The van der Waals surface area contributed by atoms with Crippen LogP contribution in [0.4, 0.5) is 0 Å². The smallest absolute Gasteiger partial charge is 0.262 e. The second-order valence-corrected chi connectivity index (χ2v) is 8.25. The van der Waals surface area contributed by atoms with Gasteiger partial charge >= 0.3 is 0 Å². The van der Waals surface area contributed by atoms with Crippen LogP contribution in [0.5, 0.6) is 0 Å². The number of halogens is 1. The largest absolute Gasteiger partial charge is 0.275 e. The van der Waals surface area contributed by atoms with Crippen molar-refractivity contribution in [3.05, 3.63) is 95.3 Å². The monoisotopic (exact) mass is 445 g/mol. The molecule has 0 bridgehead atoms. The molecule has 5 rings (SSSR count). The fraction of sp³-hybridized carbons (Fsp3) is 0.0435. The van der Waals surface area contributed by atoms with Crippen LogP contribution in [0, 0.1) is 0 Å². The maximum absolute atomic E-state index is 13.7. The van der Waals surface area contributed by atoms with Crippen LogP contribution in [0.3, 0.4) is 0 Å². The number of hydrogen-bond donors (Lipinski definition) is 1. The zero-order chi connectivity index (χ0) is 21.2. The normalized spacial score (nSPS) is 11.1. The number of benzene rings is 3. The molecule has 8 heteroatoms. The molecule has 0 saturated heterocycles. The SMILES string of the molecule is O=C(c1ccc(Cl)cc1)n1c(-c2ccccc2)c(SCc2nn[nH]n2)c2ccccc21. The Labute approximate surface area is 187 Å². The molecule has 2 heterocycles. The van der Waals surface area contributed by atoms with E-state index in [1.54, 1.807) is 40.6 Å². The minimum Gasteiger partial charge on any atom is -0.275 e. The van der Waals surface area contributed by atoms with Crippen molar-refractivity contribution < 1.29 is 4.79 Å². The van der Waals surface area contributed by atoms with Crippen LogP contribution in [-0.2, 0) is 5.75 Å². The van der Waals surface area contributed by atoms with E-state index in [0.717, 1.165) is 27.1 Å². The van der Waals surface area contributed by atoms with Gasteiger partial charge < -0.3 is 0 Å². The van der Waals surface area contributed by atoms with Crippen molar-refractivity contribution in [3.63, 3.8) is 0 Å². The number of para-hydroxylation sites is 1. The lowest BCUT2D eigenvalue weighted by molar-refractivity contribution is 0.0966. The first-order valence-electron chi connectivity index (χ1n) is 9.56. The maximum atomic E-state index is 13.7. The summed E-state index contributed by atoms with van der Waals surface area (Å²) in [6, 6.07) is 24.8. The molecule has 2 aromatic heterocycles. The Hall–Kier alpha value is -3.42. The topological polar surface area (TPSA) is 76.5 Å². The average Bonchev–Trinajstić information content (AvgIpc) is 3.44. The lowest BCUT2D eigenvalue weighted by Crippen LogP contribution is -2.13. The molecule has 31 heavy (non-hydrogen) atoms. The van der Waals surface area contributed by atoms with Gasteiger partial charge in [-0.2, -0.15) is 5.21 Å². The van der Waals surface area contributed by atoms with Crippen molar-refractivity contribution in [3.8, 4) is 11.3 Å². The van der Waals surface area contributed by atoms with Gasteiger partial charge in [0.05, 0.1) is 17.0 Å². The minimum absolute atomic E-state index is 0.113. The van der Waals surface area contributed by atoms with Gasteiger partial charge in [0.15, 0.2) is 5.82 Å². The van der Waals surface area contributed by atoms with Crippen LogP contribution >= 0.6 is 23.4 Å². The standard InChI is InChI=1S/C23H16ClN5OS/c24-17-12-10-16(11-13-17)23(30)29-19-9-5-4-8-18(19)22(31-14-20-25-27-28-26-20)21(29)15-6-2-1-3-7-15/h1-13H,14H2,(H,25,26,27,28). The highest BCUT2D eigenvalue weighted by molar-refractivity contribution is 7.98. The molecule has 0 aliphatic rings. The Kier molecular flexibility index (Phi) is 5.28. The van der Waals surface area contributed by atoms with Crippen LogP contribution < -0.4 is 0 Å². The summed E-state index contributed by atoms with van der Waals surface area (Å²) in [5.41, 5.74) is 3.21. The number of nitrogens with zero attached hydrogens (tertiary/aromatic N) is 4. The Morgan fingerprint density at radius 3 is 2.45 bits per heavy atom. The van der Waals surface area contributed by atoms with Crippen molar-refractivity contribution in [2.75, 3.05) is 0 Å². The predicted molar refractivity (Wildman–Crippen MR) is 122 cm³/mol. The number of nitrogens with one attached hydrogen (secondary N) is 1. The third-order valence-corrected chi connectivity index (χ3v) is 6.26. The van der Waals surface area contributed by atoms with Crippen LogP contribution in [0.1, 0.15) is 16.2 Å². The molecule has 0 spiro atoms. The number of fused-ring (bicyclic) bond motifs is 1. The Bertz CT molecular complexity index is 1350. The van der Waals surface area contributed by atoms with Crippen LogP contribution in [0.2, 0.25) is 5.02 Å². The summed E-state index contributed by atoms with van der Waals surface area (Å²) in [5, 5.41) is 15.8. The molecule has 1 N–H and O–H groups in total. The van der Waals surface area contributed by atoms with E-state index in [4.69, 9.17) is 11.6 Å². The highest BCUT2D eigenvalue weighted by atomic mass is 35.5. The van der Waals surface area contributed by atoms with Crippen molar-refractivity contribution in [2.24, 2.45) is 0 Å². The van der Waals surface area contributed by atoms with Crippen molar-refractivity contribution in [1.82, 2.24) is 25.2 Å². The van der Waals surface area contributed by atoms with Gasteiger partial charge in [0, 0.05) is 20.9 Å². The molecule has 152 valence electrons. The van der Waals surface area contributed by atoms with Gasteiger partial charge in [-0.25, -0.2) is 0 Å². The highest BCUT2D eigenvalue weighted by Gasteiger charge is 2.24. The summed E-state index contributed by atoms with van der Waals surface area (Å²) in [7, 11) is 0. The van der Waals surface area contributed by atoms with Crippen molar-refractivity contribution in [2.45, 2.75) is 10.6 Å². The molecule has 0 saturated carbocycles. The fourth-order valence-electron chi connectivity index (χ4n) is 3.53. The van der Waals surface area contributed by atoms with Crippen molar-refractivity contribution >= 4 is 40.2 Å². The first-order valence-corrected chi connectivity index (χ1v) is 10.9. The number of aromatic nitrogens is 5. The first-order chi connectivity index (χ1) is 15.2. The van der Waals surface area contributed by atoms with E-state index in [2.05, 4.69) is 20.6 Å². The third-order valence-electron chi connectivity index (χ3n) is 4.90. The Balaban J connectivity index is 1.73. The second kappa shape index (κ2) is 8.37. The molecule has 0 amide bonds. The molecule has 5 aromatic rings. The van der Waals surface area contributed by atoms with Gasteiger partial charge in [0.2, 0.25) is 0 Å². The molecule has 3 aromatic carbocycles. The summed E-state index contributed by atoms with van der Waals surface area (Å²) in [6.45, 7) is 0. The van der Waals surface area contributed by atoms with E-state index in [-0.39, 0.29) is 5.91 Å². The van der Waals surface area contributed by atoms with Gasteiger partial charge in [-0.05, 0) is 35.9 Å². The van der Waals surface area contributed by atoms with Gasteiger partial charge in [-0.3, -0.25) is 9.36 Å². The van der Waals surface area contributed by atoms with Crippen LogP contribution in [-0.4, -0.2) is 31.1 Å². The number of rotatable bonds is 5. The number of H-pyrrole nitrogens is 1. The second-order valence-electron chi connectivity index (χ2n) is 6.83. The molecule has 0 unspecified atom stereocenters. The number of thioether (sulfide) groups is 1. The predicted octanol–water partition coefficient (Wildman–Crippen LogP) is 5.46. The van der Waals surface area contributed by atoms with E-state index >= 15 is 0 Å². The van der Waals surface area contributed by atoms with E-state index in [1.165, 1.54) is 0 Å². The van der Waals surface area contributed by atoms with Gasteiger partial charge in [-0.15, -0.1) is 22.0 Å². The molecule has 0 atom stereocenters.